The Morgan fingerprint density at radius 1 is 1.34 bits per heavy atom. The molecular formula is C20H31IN6O2. The molecule has 1 aliphatic heterocycles. The SMILES string of the molecule is CCCOc1ccc(CN=C(NCC)N2CCOC(c3cnn(C)c3)C2)cn1.I. The summed E-state index contributed by atoms with van der Waals surface area (Å²) in [6.45, 7) is 8.45. The number of morpholine rings is 1. The molecule has 1 saturated heterocycles. The van der Waals surface area contributed by atoms with Crippen LogP contribution in [0.15, 0.2) is 35.7 Å². The van der Waals surface area contributed by atoms with Crippen LogP contribution in [0.1, 0.15) is 37.5 Å². The summed E-state index contributed by atoms with van der Waals surface area (Å²) in [5, 5.41) is 7.65. The molecule has 1 N–H and O–H groups in total. The van der Waals surface area contributed by atoms with Gasteiger partial charge in [-0.05, 0) is 18.9 Å². The molecule has 0 radical (unpaired) electrons. The lowest BCUT2D eigenvalue weighted by atomic mass is 10.1. The average molecular weight is 514 g/mol. The number of aryl methyl sites for hydroxylation is 1. The second-order valence-electron chi connectivity index (χ2n) is 6.78. The highest BCUT2D eigenvalue weighted by Gasteiger charge is 2.25. The van der Waals surface area contributed by atoms with Crippen LogP contribution in [0, 0.1) is 0 Å². The second-order valence-corrected chi connectivity index (χ2v) is 6.78. The highest BCUT2D eigenvalue weighted by Crippen LogP contribution is 2.21. The fourth-order valence-corrected chi connectivity index (χ4v) is 3.04. The van der Waals surface area contributed by atoms with E-state index in [9.17, 15) is 0 Å². The molecule has 3 heterocycles. The maximum absolute atomic E-state index is 5.94. The van der Waals surface area contributed by atoms with E-state index < -0.39 is 0 Å². The fourth-order valence-electron chi connectivity index (χ4n) is 3.04. The molecule has 8 nitrogen and oxygen atoms in total. The van der Waals surface area contributed by atoms with Gasteiger partial charge in [-0.15, -0.1) is 24.0 Å². The number of hydrogen-bond acceptors (Lipinski definition) is 5. The van der Waals surface area contributed by atoms with E-state index in [2.05, 4.69) is 34.1 Å². The zero-order valence-corrected chi connectivity index (χ0v) is 19.7. The highest BCUT2D eigenvalue weighted by molar-refractivity contribution is 14.0. The van der Waals surface area contributed by atoms with Crippen LogP contribution in [0.4, 0.5) is 0 Å². The van der Waals surface area contributed by atoms with E-state index in [-0.39, 0.29) is 30.1 Å². The smallest absolute Gasteiger partial charge is 0.213 e. The summed E-state index contributed by atoms with van der Waals surface area (Å²) in [5.74, 6) is 1.56. The summed E-state index contributed by atoms with van der Waals surface area (Å²) in [6.07, 6.45) is 6.68. The van der Waals surface area contributed by atoms with Gasteiger partial charge in [0.25, 0.3) is 0 Å². The van der Waals surface area contributed by atoms with Crippen molar-refractivity contribution in [3.8, 4) is 5.88 Å². The van der Waals surface area contributed by atoms with Crippen molar-refractivity contribution in [2.75, 3.05) is 32.8 Å². The third kappa shape index (κ3) is 6.84. The summed E-state index contributed by atoms with van der Waals surface area (Å²) >= 11 is 0. The Morgan fingerprint density at radius 3 is 2.86 bits per heavy atom. The Kier molecular flexibility index (Phi) is 9.65. The molecular weight excluding hydrogens is 483 g/mol. The van der Waals surface area contributed by atoms with Gasteiger partial charge in [-0.2, -0.15) is 5.10 Å². The number of hydrogen-bond donors (Lipinski definition) is 1. The van der Waals surface area contributed by atoms with Crippen LogP contribution in [-0.2, 0) is 18.3 Å². The van der Waals surface area contributed by atoms with Gasteiger partial charge in [0.05, 0.1) is 32.5 Å². The van der Waals surface area contributed by atoms with Crippen molar-refractivity contribution in [3.63, 3.8) is 0 Å². The Morgan fingerprint density at radius 2 is 2.21 bits per heavy atom. The van der Waals surface area contributed by atoms with Gasteiger partial charge >= 0.3 is 0 Å². The van der Waals surface area contributed by atoms with Crippen molar-refractivity contribution in [1.29, 1.82) is 0 Å². The molecule has 9 heteroatoms. The molecule has 29 heavy (non-hydrogen) atoms. The third-order valence-corrected chi connectivity index (χ3v) is 4.46. The lowest BCUT2D eigenvalue weighted by Gasteiger charge is -2.34. The minimum absolute atomic E-state index is 0. The van der Waals surface area contributed by atoms with Gasteiger partial charge < -0.3 is 19.7 Å². The van der Waals surface area contributed by atoms with Gasteiger partial charge in [0.15, 0.2) is 5.96 Å². The summed E-state index contributed by atoms with van der Waals surface area (Å²) in [6, 6.07) is 3.92. The van der Waals surface area contributed by atoms with Gasteiger partial charge in [-0.25, -0.2) is 9.98 Å². The van der Waals surface area contributed by atoms with Crippen molar-refractivity contribution in [3.05, 3.63) is 41.9 Å². The standard InChI is InChI=1S/C20H30N6O2.HI/c1-4-9-28-19-7-6-16(11-22-19)12-23-20(21-5-2)26-8-10-27-18(15-26)17-13-24-25(3)14-17;/h6-7,11,13-14,18H,4-5,8-10,12,15H2,1-3H3,(H,21,23);1H. The van der Waals surface area contributed by atoms with Gasteiger partial charge in [-0.1, -0.05) is 13.0 Å². The lowest BCUT2D eigenvalue weighted by molar-refractivity contribution is -0.00805. The minimum atomic E-state index is 0. The van der Waals surface area contributed by atoms with Crippen molar-refractivity contribution in [2.24, 2.45) is 12.0 Å². The number of rotatable bonds is 7. The summed E-state index contributed by atoms with van der Waals surface area (Å²) in [4.78, 5) is 11.4. The van der Waals surface area contributed by atoms with E-state index in [0.29, 0.717) is 25.6 Å². The van der Waals surface area contributed by atoms with E-state index in [1.165, 1.54) is 0 Å². The summed E-state index contributed by atoms with van der Waals surface area (Å²) < 4.78 is 13.3. The molecule has 1 unspecified atom stereocenters. The van der Waals surface area contributed by atoms with Gasteiger partial charge in [0, 0.05) is 44.2 Å². The molecule has 1 aliphatic rings. The van der Waals surface area contributed by atoms with Crippen molar-refractivity contribution in [1.82, 2.24) is 25.0 Å². The normalized spacial score (nSPS) is 17.0. The number of pyridine rings is 1. The molecule has 3 rings (SSSR count). The molecule has 2 aromatic heterocycles. The monoisotopic (exact) mass is 514 g/mol. The predicted molar refractivity (Wildman–Crippen MR) is 124 cm³/mol. The number of guanidine groups is 1. The van der Waals surface area contributed by atoms with Crippen LogP contribution in [0.3, 0.4) is 0 Å². The molecule has 1 fully saturated rings. The Balaban J connectivity index is 0.00000300. The fraction of sp³-hybridized carbons (Fsp3) is 0.550. The molecule has 0 saturated carbocycles. The maximum atomic E-state index is 5.94. The van der Waals surface area contributed by atoms with Gasteiger partial charge in [0.2, 0.25) is 5.88 Å². The first-order valence-electron chi connectivity index (χ1n) is 9.90. The first kappa shape index (κ1) is 23.4. The lowest BCUT2D eigenvalue weighted by Crippen LogP contribution is -2.48. The van der Waals surface area contributed by atoms with Crippen LogP contribution >= 0.6 is 24.0 Å². The molecule has 0 bridgehead atoms. The van der Waals surface area contributed by atoms with Crippen LogP contribution in [0.2, 0.25) is 0 Å². The maximum Gasteiger partial charge on any atom is 0.213 e. The molecule has 160 valence electrons. The molecule has 1 atom stereocenters. The van der Waals surface area contributed by atoms with Crippen LogP contribution in [0.5, 0.6) is 5.88 Å². The molecule has 0 spiro atoms. The number of aromatic nitrogens is 3. The topological polar surface area (TPSA) is 76.8 Å². The van der Waals surface area contributed by atoms with E-state index >= 15 is 0 Å². The molecule has 0 aliphatic carbocycles. The Hall–Kier alpha value is -1.88. The second kappa shape index (κ2) is 12.0. The molecule has 0 aromatic carbocycles. The number of nitrogens with one attached hydrogen (secondary N) is 1. The number of nitrogens with zero attached hydrogens (tertiary/aromatic N) is 5. The summed E-state index contributed by atoms with van der Waals surface area (Å²) in [5.41, 5.74) is 2.14. The Bertz CT molecular complexity index is 765. The third-order valence-electron chi connectivity index (χ3n) is 4.46. The Labute approximate surface area is 189 Å². The van der Waals surface area contributed by atoms with Crippen LogP contribution in [-0.4, -0.2) is 58.5 Å². The zero-order chi connectivity index (χ0) is 19.8. The van der Waals surface area contributed by atoms with E-state index in [1.54, 1.807) is 4.68 Å². The van der Waals surface area contributed by atoms with Crippen molar-refractivity contribution in [2.45, 2.75) is 32.9 Å². The summed E-state index contributed by atoms with van der Waals surface area (Å²) in [7, 11) is 1.92. The largest absolute Gasteiger partial charge is 0.478 e. The first-order chi connectivity index (χ1) is 13.7. The predicted octanol–water partition coefficient (Wildman–Crippen LogP) is 2.76. The molecule has 0 amide bonds. The van der Waals surface area contributed by atoms with Crippen molar-refractivity contribution < 1.29 is 9.47 Å². The number of ether oxygens (including phenoxy) is 2. The first-order valence-corrected chi connectivity index (χ1v) is 9.90. The van der Waals surface area contributed by atoms with Gasteiger partial charge in [-0.3, -0.25) is 4.68 Å². The van der Waals surface area contributed by atoms with E-state index in [0.717, 1.165) is 43.1 Å². The van der Waals surface area contributed by atoms with Crippen molar-refractivity contribution >= 4 is 29.9 Å². The van der Waals surface area contributed by atoms with E-state index in [1.807, 2.05) is 37.8 Å². The van der Waals surface area contributed by atoms with Crippen LogP contribution < -0.4 is 10.1 Å². The van der Waals surface area contributed by atoms with Gasteiger partial charge in [0.1, 0.15) is 6.10 Å². The highest BCUT2D eigenvalue weighted by atomic mass is 127. The number of aliphatic imine (C=N–C) groups is 1. The zero-order valence-electron chi connectivity index (χ0n) is 17.4. The minimum Gasteiger partial charge on any atom is -0.478 e. The molecule has 2 aromatic rings. The van der Waals surface area contributed by atoms with E-state index in [4.69, 9.17) is 14.5 Å². The quantitative estimate of drug-likeness (QED) is 0.348. The van der Waals surface area contributed by atoms with Crippen LogP contribution in [0.25, 0.3) is 0 Å². The average Bonchev–Trinajstić information content (AvgIpc) is 3.17. The number of halogens is 1.